The Bertz CT molecular complexity index is 476. The first-order valence-corrected chi connectivity index (χ1v) is 6.44. The largest absolute Gasteiger partial charge is 0.444 e. The predicted octanol–water partition coefficient (Wildman–Crippen LogP) is 1.25. The van der Waals surface area contributed by atoms with Crippen LogP contribution in [0.5, 0.6) is 0 Å². The second-order valence-electron chi connectivity index (χ2n) is 5.81. The number of hydrogen-bond donors (Lipinski definition) is 1. The Kier molecular flexibility index (Phi) is 3.54. The Morgan fingerprint density at radius 2 is 2.26 bits per heavy atom. The van der Waals surface area contributed by atoms with Gasteiger partial charge in [0.2, 0.25) is 0 Å². The summed E-state index contributed by atoms with van der Waals surface area (Å²) in [4.78, 5) is 18.1. The molecule has 1 aliphatic rings. The summed E-state index contributed by atoms with van der Waals surface area (Å²) in [5, 5.41) is 9.61. The minimum Gasteiger partial charge on any atom is -0.444 e. The Morgan fingerprint density at radius 3 is 2.84 bits per heavy atom. The molecular weight excluding hydrogens is 246 g/mol. The van der Waals surface area contributed by atoms with Gasteiger partial charge in [0.15, 0.2) is 0 Å². The van der Waals surface area contributed by atoms with E-state index < -0.39 is 11.7 Å². The number of aromatic nitrogens is 2. The van der Waals surface area contributed by atoms with E-state index in [1.165, 1.54) is 0 Å². The van der Waals surface area contributed by atoms with Crippen molar-refractivity contribution in [2.75, 3.05) is 13.2 Å². The van der Waals surface area contributed by atoms with E-state index in [1.54, 1.807) is 11.2 Å². The lowest BCUT2D eigenvalue weighted by atomic mass is 10.0. The molecule has 1 aromatic heterocycles. The van der Waals surface area contributed by atoms with E-state index in [0.29, 0.717) is 13.0 Å². The third kappa shape index (κ3) is 2.73. The lowest BCUT2D eigenvalue weighted by Gasteiger charge is -2.35. The first-order valence-electron chi connectivity index (χ1n) is 6.44. The summed E-state index contributed by atoms with van der Waals surface area (Å²) in [6.45, 7) is 5.88. The van der Waals surface area contributed by atoms with Crippen LogP contribution in [0.3, 0.4) is 0 Å². The number of ether oxygens (including phenoxy) is 1. The maximum Gasteiger partial charge on any atom is 0.410 e. The molecule has 6 heteroatoms. The van der Waals surface area contributed by atoms with Crippen molar-refractivity contribution in [3.05, 3.63) is 17.7 Å². The van der Waals surface area contributed by atoms with Gasteiger partial charge in [-0.15, -0.1) is 0 Å². The van der Waals surface area contributed by atoms with Crippen molar-refractivity contribution in [3.63, 3.8) is 0 Å². The summed E-state index contributed by atoms with van der Waals surface area (Å²) >= 11 is 0. The molecule has 1 aromatic rings. The molecular formula is C13H21N3O3. The fourth-order valence-corrected chi connectivity index (χ4v) is 2.36. The SMILES string of the molecule is Cn1cnc2c1[C@@H](CO)N(C(=O)OC(C)(C)C)CC2. The molecule has 19 heavy (non-hydrogen) atoms. The van der Waals surface area contributed by atoms with E-state index in [4.69, 9.17) is 4.74 Å². The fourth-order valence-electron chi connectivity index (χ4n) is 2.36. The molecule has 0 fully saturated rings. The van der Waals surface area contributed by atoms with E-state index in [2.05, 4.69) is 4.98 Å². The Balaban J connectivity index is 2.24. The molecule has 0 bridgehead atoms. The maximum atomic E-state index is 12.2. The number of hydrogen-bond acceptors (Lipinski definition) is 4. The van der Waals surface area contributed by atoms with Crippen molar-refractivity contribution < 1.29 is 14.6 Å². The van der Waals surface area contributed by atoms with Gasteiger partial charge in [-0.05, 0) is 20.8 Å². The molecule has 0 aromatic carbocycles. The number of nitrogens with zero attached hydrogens (tertiary/aromatic N) is 3. The van der Waals surface area contributed by atoms with Gasteiger partial charge in [-0.2, -0.15) is 0 Å². The van der Waals surface area contributed by atoms with Gasteiger partial charge in [0.05, 0.1) is 24.3 Å². The molecule has 0 spiro atoms. The molecule has 6 nitrogen and oxygen atoms in total. The zero-order chi connectivity index (χ0) is 14.2. The number of imidazole rings is 1. The molecule has 1 N–H and O–H groups in total. The standard InChI is InChI=1S/C13H21N3O3/c1-13(2,3)19-12(18)16-6-5-9-11(10(16)7-17)15(4)8-14-9/h8,10,17H,5-7H2,1-4H3/t10-/m1/s1. The van der Waals surface area contributed by atoms with Crippen molar-refractivity contribution >= 4 is 6.09 Å². The normalized spacial score (nSPS) is 19.2. The fraction of sp³-hybridized carbons (Fsp3) is 0.692. The summed E-state index contributed by atoms with van der Waals surface area (Å²) in [6, 6.07) is -0.383. The Labute approximate surface area is 113 Å². The molecule has 2 rings (SSSR count). The van der Waals surface area contributed by atoms with Gasteiger partial charge in [-0.25, -0.2) is 9.78 Å². The Hall–Kier alpha value is -1.56. The van der Waals surface area contributed by atoms with Crippen molar-refractivity contribution in [1.29, 1.82) is 0 Å². The highest BCUT2D eigenvalue weighted by atomic mass is 16.6. The lowest BCUT2D eigenvalue weighted by molar-refractivity contribution is 0.00581. The second kappa shape index (κ2) is 4.85. The average molecular weight is 267 g/mol. The summed E-state index contributed by atoms with van der Waals surface area (Å²) in [7, 11) is 1.87. The first-order chi connectivity index (χ1) is 8.83. The second-order valence-corrected chi connectivity index (χ2v) is 5.81. The van der Waals surface area contributed by atoms with Gasteiger partial charge in [0, 0.05) is 20.0 Å². The topological polar surface area (TPSA) is 67.6 Å². The summed E-state index contributed by atoms with van der Waals surface area (Å²) in [5.74, 6) is 0. The summed E-state index contributed by atoms with van der Waals surface area (Å²) < 4.78 is 7.24. The zero-order valence-electron chi connectivity index (χ0n) is 11.9. The Morgan fingerprint density at radius 1 is 1.58 bits per heavy atom. The van der Waals surface area contributed by atoms with Crippen molar-refractivity contribution in [3.8, 4) is 0 Å². The van der Waals surface area contributed by atoms with Crippen LogP contribution < -0.4 is 0 Å². The molecule has 106 valence electrons. The number of aryl methyl sites for hydroxylation is 1. The third-order valence-electron chi connectivity index (χ3n) is 3.14. The molecule has 0 unspecified atom stereocenters. The van der Waals surface area contributed by atoms with Crippen LogP contribution in [-0.4, -0.2) is 44.4 Å². The molecule has 1 atom stereocenters. The predicted molar refractivity (Wildman–Crippen MR) is 69.7 cm³/mol. The van der Waals surface area contributed by atoms with Crippen LogP contribution in [0.25, 0.3) is 0 Å². The number of carbonyl (C=O) groups is 1. The van der Waals surface area contributed by atoms with Gasteiger partial charge in [-0.3, -0.25) is 4.90 Å². The number of rotatable bonds is 1. The third-order valence-corrected chi connectivity index (χ3v) is 3.14. The lowest BCUT2D eigenvalue weighted by Crippen LogP contribution is -2.44. The van der Waals surface area contributed by atoms with E-state index >= 15 is 0 Å². The van der Waals surface area contributed by atoms with Gasteiger partial charge in [-0.1, -0.05) is 0 Å². The average Bonchev–Trinajstić information content (AvgIpc) is 2.68. The summed E-state index contributed by atoms with van der Waals surface area (Å²) in [6.07, 6.45) is 2.01. The minimum absolute atomic E-state index is 0.133. The number of carbonyl (C=O) groups excluding carboxylic acids is 1. The zero-order valence-corrected chi connectivity index (χ0v) is 11.9. The molecule has 0 saturated heterocycles. The number of amides is 1. The van der Waals surface area contributed by atoms with E-state index in [9.17, 15) is 9.90 Å². The van der Waals surface area contributed by atoms with Crippen molar-refractivity contribution in [2.24, 2.45) is 7.05 Å². The van der Waals surface area contributed by atoms with Gasteiger partial charge >= 0.3 is 6.09 Å². The quantitative estimate of drug-likeness (QED) is 0.831. The molecule has 0 saturated carbocycles. The number of fused-ring (bicyclic) bond motifs is 1. The maximum absolute atomic E-state index is 12.2. The molecule has 1 amide bonds. The molecule has 0 radical (unpaired) electrons. The van der Waals surface area contributed by atoms with E-state index in [0.717, 1.165) is 11.4 Å². The van der Waals surface area contributed by atoms with Crippen molar-refractivity contribution in [1.82, 2.24) is 14.5 Å². The van der Waals surface area contributed by atoms with Gasteiger partial charge in [0.1, 0.15) is 11.6 Å². The van der Waals surface area contributed by atoms with Crippen LogP contribution >= 0.6 is 0 Å². The molecule has 0 aliphatic carbocycles. The van der Waals surface area contributed by atoms with E-state index in [-0.39, 0.29) is 12.6 Å². The van der Waals surface area contributed by atoms with Crippen LogP contribution in [-0.2, 0) is 18.2 Å². The monoisotopic (exact) mass is 267 g/mol. The highest BCUT2D eigenvalue weighted by Crippen LogP contribution is 2.29. The smallest absolute Gasteiger partial charge is 0.410 e. The highest BCUT2D eigenvalue weighted by Gasteiger charge is 2.35. The van der Waals surface area contributed by atoms with Crippen LogP contribution in [0.2, 0.25) is 0 Å². The highest BCUT2D eigenvalue weighted by molar-refractivity contribution is 5.69. The van der Waals surface area contributed by atoms with Crippen LogP contribution in [0, 0.1) is 0 Å². The van der Waals surface area contributed by atoms with Crippen molar-refractivity contribution in [2.45, 2.75) is 38.8 Å². The van der Waals surface area contributed by atoms with Crippen LogP contribution in [0.1, 0.15) is 38.2 Å². The van der Waals surface area contributed by atoms with Gasteiger partial charge in [0.25, 0.3) is 0 Å². The molecule has 1 aliphatic heterocycles. The van der Waals surface area contributed by atoms with Crippen LogP contribution in [0.15, 0.2) is 6.33 Å². The van der Waals surface area contributed by atoms with E-state index in [1.807, 2.05) is 32.4 Å². The summed E-state index contributed by atoms with van der Waals surface area (Å²) in [5.41, 5.74) is 1.30. The minimum atomic E-state index is -0.538. The first kappa shape index (κ1) is 13.9. The molecule has 2 heterocycles. The number of aliphatic hydroxyl groups is 1. The van der Waals surface area contributed by atoms with Gasteiger partial charge < -0.3 is 14.4 Å². The number of aliphatic hydroxyl groups excluding tert-OH is 1. The van der Waals surface area contributed by atoms with Crippen LogP contribution in [0.4, 0.5) is 4.79 Å².